The molecule has 3 rings (SSSR count). The molecule has 130 valence electrons. The molecule has 0 saturated heterocycles. The maximum absolute atomic E-state index is 12.7. The van der Waals surface area contributed by atoms with E-state index in [2.05, 4.69) is 4.98 Å². The lowest BCUT2D eigenvalue weighted by atomic mass is 10.2. The van der Waals surface area contributed by atoms with Gasteiger partial charge in [0.25, 0.3) is 5.91 Å². The van der Waals surface area contributed by atoms with E-state index in [4.69, 9.17) is 14.6 Å². The quantitative estimate of drug-likeness (QED) is 0.895. The van der Waals surface area contributed by atoms with E-state index in [1.165, 1.54) is 18.3 Å². The molecule has 1 aliphatic heterocycles. The molecule has 1 N–H and O–H groups in total. The Kier molecular flexibility index (Phi) is 4.83. The zero-order valence-corrected chi connectivity index (χ0v) is 13.7. The first-order chi connectivity index (χ1) is 12.1. The van der Waals surface area contributed by atoms with E-state index >= 15 is 0 Å². The molecule has 0 aliphatic carbocycles. The van der Waals surface area contributed by atoms with Crippen LogP contribution in [-0.2, 0) is 0 Å². The van der Waals surface area contributed by atoms with Gasteiger partial charge in [0.2, 0.25) is 0 Å². The van der Waals surface area contributed by atoms with Gasteiger partial charge >= 0.3 is 5.97 Å². The Morgan fingerprint density at radius 2 is 2.04 bits per heavy atom. The monoisotopic (exact) mass is 342 g/mol. The van der Waals surface area contributed by atoms with Crippen molar-refractivity contribution in [3.63, 3.8) is 0 Å². The number of hydrogen-bond acceptors (Lipinski definition) is 5. The van der Waals surface area contributed by atoms with Gasteiger partial charge in [-0.1, -0.05) is 12.1 Å². The van der Waals surface area contributed by atoms with E-state index < -0.39 is 5.97 Å². The molecule has 1 atom stereocenters. The van der Waals surface area contributed by atoms with Crippen LogP contribution in [-0.4, -0.2) is 52.7 Å². The van der Waals surface area contributed by atoms with E-state index in [9.17, 15) is 9.59 Å². The average Bonchev–Trinajstić information content (AvgIpc) is 2.65. The molecule has 0 spiro atoms. The normalized spacial score (nSPS) is 15.5. The van der Waals surface area contributed by atoms with Gasteiger partial charge in [-0.05, 0) is 31.2 Å². The number of likely N-dealkylation sites (N-methyl/N-ethyl adjacent to an activating group) is 1. The minimum Gasteiger partial charge on any atom is -0.486 e. The van der Waals surface area contributed by atoms with Crippen molar-refractivity contribution in [2.24, 2.45) is 0 Å². The van der Waals surface area contributed by atoms with Crippen molar-refractivity contribution in [1.29, 1.82) is 0 Å². The molecule has 2 aromatic rings. The fourth-order valence-electron chi connectivity index (χ4n) is 2.62. The van der Waals surface area contributed by atoms with Crippen molar-refractivity contribution in [2.45, 2.75) is 13.0 Å². The Labute approximate surface area is 144 Å². The number of benzene rings is 1. The predicted octanol–water partition coefficient (Wildman–Crippen LogP) is 2.08. The first kappa shape index (κ1) is 16.8. The van der Waals surface area contributed by atoms with Crippen LogP contribution in [0.2, 0.25) is 0 Å². The van der Waals surface area contributed by atoms with Gasteiger partial charge in [-0.25, -0.2) is 9.78 Å². The molecule has 1 aliphatic rings. The third-order valence-electron chi connectivity index (χ3n) is 3.89. The van der Waals surface area contributed by atoms with Crippen LogP contribution in [0.4, 0.5) is 0 Å². The molecule has 2 heterocycles. The van der Waals surface area contributed by atoms with Crippen LogP contribution in [0.3, 0.4) is 0 Å². The van der Waals surface area contributed by atoms with Crippen LogP contribution in [0.5, 0.6) is 11.5 Å². The number of amides is 1. The number of aromatic carboxylic acids is 1. The fourth-order valence-corrected chi connectivity index (χ4v) is 2.62. The smallest absolute Gasteiger partial charge is 0.354 e. The Bertz CT molecular complexity index is 793. The summed E-state index contributed by atoms with van der Waals surface area (Å²) >= 11 is 0. The minimum absolute atomic E-state index is 0.159. The highest BCUT2D eigenvalue weighted by atomic mass is 16.6. The molecule has 1 aromatic heterocycles. The van der Waals surface area contributed by atoms with Crippen molar-refractivity contribution in [3.8, 4) is 11.5 Å². The third-order valence-corrected chi connectivity index (χ3v) is 3.89. The molecule has 1 unspecified atom stereocenters. The number of pyridine rings is 1. The molecule has 0 fully saturated rings. The number of carbonyl (C=O) groups is 2. The van der Waals surface area contributed by atoms with E-state index in [0.29, 0.717) is 31.2 Å². The predicted molar refractivity (Wildman–Crippen MR) is 89.1 cm³/mol. The Morgan fingerprint density at radius 1 is 1.28 bits per heavy atom. The number of ether oxygens (including phenoxy) is 2. The van der Waals surface area contributed by atoms with Crippen molar-refractivity contribution in [3.05, 3.63) is 53.9 Å². The molecular formula is C18H18N2O5. The second-order valence-corrected chi connectivity index (χ2v) is 5.58. The zero-order chi connectivity index (χ0) is 17.8. The number of aromatic nitrogens is 1. The summed E-state index contributed by atoms with van der Waals surface area (Å²) in [6.45, 7) is 3.01. The van der Waals surface area contributed by atoms with E-state index in [1.807, 2.05) is 31.2 Å². The van der Waals surface area contributed by atoms with Gasteiger partial charge in [0.15, 0.2) is 17.6 Å². The molecular weight excluding hydrogens is 324 g/mol. The number of hydrogen-bond donors (Lipinski definition) is 1. The number of carboxylic acid groups (broad SMARTS) is 1. The van der Waals surface area contributed by atoms with Crippen LogP contribution in [0.1, 0.15) is 27.8 Å². The minimum atomic E-state index is -1.17. The highest BCUT2D eigenvalue weighted by Gasteiger charge is 2.25. The summed E-state index contributed by atoms with van der Waals surface area (Å²) < 4.78 is 11.6. The van der Waals surface area contributed by atoms with E-state index in [1.54, 1.807) is 4.90 Å². The molecule has 7 nitrogen and oxygen atoms in total. The summed E-state index contributed by atoms with van der Waals surface area (Å²) in [6, 6.07) is 10.2. The first-order valence-corrected chi connectivity index (χ1v) is 7.95. The largest absolute Gasteiger partial charge is 0.486 e. The first-order valence-electron chi connectivity index (χ1n) is 7.95. The Hall–Kier alpha value is -3.09. The Morgan fingerprint density at radius 3 is 2.76 bits per heavy atom. The number of carboxylic acids is 1. The van der Waals surface area contributed by atoms with Crippen LogP contribution in [0, 0.1) is 0 Å². The maximum Gasteiger partial charge on any atom is 0.354 e. The summed E-state index contributed by atoms with van der Waals surface area (Å²) in [4.78, 5) is 29.0. The standard InChI is InChI=1S/C18H18N2O5/c1-2-20(17(21)12-7-8-19-14(9-12)18(22)23)10-13-11-24-15-5-3-4-6-16(15)25-13/h3-9,13H,2,10-11H2,1H3,(H,22,23). The summed E-state index contributed by atoms with van der Waals surface area (Å²) in [5.74, 6) is -0.0964. The van der Waals surface area contributed by atoms with Gasteiger partial charge in [-0.2, -0.15) is 0 Å². The molecule has 0 radical (unpaired) electrons. The summed E-state index contributed by atoms with van der Waals surface area (Å²) in [5.41, 5.74) is 0.124. The van der Waals surface area contributed by atoms with Gasteiger partial charge in [0.1, 0.15) is 12.3 Å². The second kappa shape index (κ2) is 7.21. The number of nitrogens with zero attached hydrogens (tertiary/aromatic N) is 2. The fraction of sp³-hybridized carbons (Fsp3) is 0.278. The van der Waals surface area contributed by atoms with E-state index in [0.717, 1.165) is 0 Å². The van der Waals surface area contributed by atoms with Gasteiger partial charge < -0.3 is 19.5 Å². The SMILES string of the molecule is CCN(CC1COc2ccccc2O1)C(=O)c1ccnc(C(=O)O)c1. The third kappa shape index (κ3) is 3.71. The van der Waals surface area contributed by atoms with Gasteiger partial charge in [0.05, 0.1) is 6.54 Å². The van der Waals surface area contributed by atoms with Crippen molar-refractivity contribution >= 4 is 11.9 Å². The number of carbonyl (C=O) groups excluding carboxylic acids is 1. The Balaban J connectivity index is 1.71. The molecule has 7 heteroatoms. The number of rotatable bonds is 5. The lowest BCUT2D eigenvalue weighted by Crippen LogP contribution is -2.43. The molecule has 1 amide bonds. The number of fused-ring (bicyclic) bond motifs is 1. The summed E-state index contributed by atoms with van der Waals surface area (Å²) in [6.07, 6.45) is 1.03. The van der Waals surface area contributed by atoms with Crippen LogP contribution in [0.25, 0.3) is 0 Å². The molecule has 0 saturated carbocycles. The highest BCUT2D eigenvalue weighted by molar-refractivity contribution is 5.96. The number of para-hydroxylation sites is 2. The lowest BCUT2D eigenvalue weighted by Gasteiger charge is -2.31. The summed E-state index contributed by atoms with van der Waals surface area (Å²) in [7, 11) is 0. The average molecular weight is 342 g/mol. The van der Waals surface area contributed by atoms with Crippen molar-refractivity contribution in [2.75, 3.05) is 19.7 Å². The van der Waals surface area contributed by atoms with Crippen molar-refractivity contribution in [1.82, 2.24) is 9.88 Å². The highest BCUT2D eigenvalue weighted by Crippen LogP contribution is 2.31. The maximum atomic E-state index is 12.7. The lowest BCUT2D eigenvalue weighted by molar-refractivity contribution is 0.0475. The van der Waals surface area contributed by atoms with E-state index in [-0.39, 0.29) is 23.3 Å². The van der Waals surface area contributed by atoms with Crippen LogP contribution in [0.15, 0.2) is 42.6 Å². The van der Waals surface area contributed by atoms with Gasteiger partial charge in [0, 0.05) is 18.3 Å². The molecule has 0 bridgehead atoms. The van der Waals surface area contributed by atoms with Gasteiger partial charge in [-0.3, -0.25) is 4.79 Å². The second-order valence-electron chi connectivity index (χ2n) is 5.58. The molecule has 25 heavy (non-hydrogen) atoms. The van der Waals surface area contributed by atoms with Crippen LogP contribution >= 0.6 is 0 Å². The van der Waals surface area contributed by atoms with Gasteiger partial charge in [-0.15, -0.1) is 0 Å². The topological polar surface area (TPSA) is 89.0 Å². The molecule has 1 aromatic carbocycles. The van der Waals surface area contributed by atoms with Crippen LogP contribution < -0.4 is 9.47 Å². The summed E-state index contributed by atoms with van der Waals surface area (Å²) in [5, 5.41) is 9.02. The van der Waals surface area contributed by atoms with Crippen molar-refractivity contribution < 1.29 is 24.2 Å². The zero-order valence-electron chi connectivity index (χ0n) is 13.7.